The molecule has 3 heteroatoms. The van der Waals surface area contributed by atoms with Crippen LogP contribution in [-0.4, -0.2) is 19.2 Å². The van der Waals surface area contributed by atoms with Crippen molar-refractivity contribution in [2.24, 2.45) is 0 Å². The van der Waals surface area contributed by atoms with Crippen molar-refractivity contribution in [1.29, 1.82) is 5.26 Å². The van der Waals surface area contributed by atoms with Gasteiger partial charge in [0.2, 0.25) is 0 Å². The van der Waals surface area contributed by atoms with E-state index in [9.17, 15) is 0 Å². The second-order valence-electron chi connectivity index (χ2n) is 5.08. The van der Waals surface area contributed by atoms with E-state index in [0.717, 1.165) is 36.2 Å². The lowest BCUT2D eigenvalue weighted by Gasteiger charge is -2.27. The molecule has 0 N–H and O–H groups in total. The van der Waals surface area contributed by atoms with E-state index in [2.05, 4.69) is 30.2 Å². The molecule has 0 amide bonds. The zero-order valence-corrected chi connectivity index (χ0v) is 11.9. The fourth-order valence-electron chi connectivity index (χ4n) is 2.52. The Kier molecular flexibility index (Phi) is 4.47. The van der Waals surface area contributed by atoms with Crippen molar-refractivity contribution < 1.29 is 4.74 Å². The molecule has 1 aromatic rings. The molecule has 1 atom stereocenters. The Labute approximate surface area is 120 Å². The number of nitrogens with zero attached hydrogens (tertiary/aromatic N) is 2. The number of anilines is 1. The van der Waals surface area contributed by atoms with Crippen LogP contribution in [-0.2, 0) is 4.74 Å². The third-order valence-electron chi connectivity index (χ3n) is 3.74. The predicted octanol–water partition coefficient (Wildman–Crippen LogP) is 3.55. The molecule has 0 aliphatic carbocycles. The SMILES string of the molecule is C=CC(=C)OCC1CCCN1c1ccc(C)c(C#N)c1. The molecule has 0 saturated carbocycles. The smallest absolute Gasteiger partial charge is 0.111 e. The molecule has 1 aromatic carbocycles. The van der Waals surface area contributed by atoms with Gasteiger partial charge in [-0.1, -0.05) is 19.2 Å². The van der Waals surface area contributed by atoms with Gasteiger partial charge in [0, 0.05) is 12.2 Å². The largest absolute Gasteiger partial charge is 0.492 e. The molecule has 0 radical (unpaired) electrons. The Balaban J connectivity index is 2.12. The van der Waals surface area contributed by atoms with Crippen molar-refractivity contribution in [3.8, 4) is 6.07 Å². The Morgan fingerprint density at radius 2 is 2.40 bits per heavy atom. The standard InChI is InChI=1S/C17H20N2O/c1-4-14(3)20-12-17-6-5-9-19(17)16-8-7-13(2)15(10-16)11-18/h4,7-8,10,17H,1,3,5-6,9,12H2,2H3. The average Bonchev–Trinajstić information content (AvgIpc) is 2.93. The molecule has 1 saturated heterocycles. The summed E-state index contributed by atoms with van der Waals surface area (Å²) < 4.78 is 5.59. The van der Waals surface area contributed by atoms with Gasteiger partial charge in [-0.25, -0.2) is 0 Å². The van der Waals surface area contributed by atoms with E-state index in [1.807, 2.05) is 19.1 Å². The zero-order chi connectivity index (χ0) is 14.5. The topological polar surface area (TPSA) is 36.3 Å². The van der Waals surface area contributed by atoms with Crippen LogP contribution in [0.25, 0.3) is 0 Å². The van der Waals surface area contributed by atoms with Crippen LogP contribution in [0.2, 0.25) is 0 Å². The number of allylic oxidation sites excluding steroid dienone is 1. The maximum atomic E-state index is 9.14. The maximum Gasteiger partial charge on any atom is 0.111 e. The van der Waals surface area contributed by atoms with Crippen LogP contribution in [0, 0.1) is 18.3 Å². The Bertz CT molecular complexity index is 557. The van der Waals surface area contributed by atoms with Gasteiger partial charge in [0.25, 0.3) is 0 Å². The number of ether oxygens (including phenoxy) is 1. The quantitative estimate of drug-likeness (QED) is 0.605. The number of nitriles is 1. The van der Waals surface area contributed by atoms with Crippen molar-refractivity contribution in [1.82, 2.24) is 0 Å². The average molecular weight is 268 g/mol. The third kappa shape index (κ3) is 3.03. The van der Waals surface area contributed by atoms with Crippen LogP contribution in [0.3, 0.4) is 0 Å². The summed E-state index contributed by atoms with van der Waals surface area (Å²) in [6.45, 7) is 11.0. The van der Waals surface area contributed by atoms with Gasteiger partial charge in [-0.2, -0.15) is 5.26 Å². The van der Waals surface area contributed by atoms with Gasteiger partial charge in [0.05, 0.1) is 17.7 Å². The fourth-order valence-corrected chi connectivity index (χ4v) is 2.52. The first kappa shape index (κ1) is 14.2. The minimum absolute atomic E-state index is 0.334. The lowest BCUT2D eigenvalue weighted by Crippen LogP contribution is -2.33. The lowest BCUT2D eigenvalue weighted by atomic mass is 10.1. The maximum absolute atomic E-state index is 9.14. The number of hydrogen-bond acceptors (Lipinski definition) is 3. The Morgan fingerprint density at radius 1 is 1.60 bits per heavy atom. The highest BCUT2D eigenvalue weighted by molar-refractivity contribution is 5.55. The van der Waals surface area contributed by atoms with Gasteiger partial charge in [-0.3, -0.25) is 0 Å². The zero-order valence-electron chi connectivity index (χ0n) is 11.9. The van der Waals surface area contributed by atoms with Crippen molar-refractivity contribution in [2.45, 2.75) is 25.8 Å². The Morgan fingerprint density at radius 3 is 3.10 bits per heavy atom. The second-order valence-corrected chi connectivity index (χ2v) is 5.08. The molecule has 1 aliphatic heterocycles. The summed E-state index contributed by atoms with van der Waals surface area (Å²) in [6.07, 6.45) is 3.86. The summed E-state index contributed by atoms with van der Waals surface area (Å²) in [7, 11) is 0. The highest BCUT2D eigenvalue weighted by Crippen LogP contribution is 2.27. The number of benzene rings is 1. The summed E-state index contributed by atoms with van der Waals surface area (Å²) >= 11 is 0. The van der Waals surface area contributed by atoms with Crippen molar-refractivity contribution in [3.63, 3.8) is 0 Å². The second kappa shape index (κ2) is 6.29. The van der Waals surface area contributed by atoms with Crippen molar-refractivity contribution >= 4 is 5.69 Å². The first-order valence-electron chi connectivity index (χ1n) is 6.87. The minimum Gasteiger partial charge on any atom is -0.492 e. The lowest BCUT2D eigenvalue weighted by molar-refractivity contribution is 0.206. The molecule has 2 rings (SSSR count). The van der Waals surface area contributed by atoms with E-state index < -0.39 is 0 Å². The van der Waals surface area contributed by atoms with E-state index in [0.29, 0.717) is 18.4 Å². The molecule has 20 heavy (non-hydrogen) atoms. The van der Waals surface area contributed by atoms with Gasteiger partial charge in [-0.05, 0) is 43.5 Å². The molecule has 0 aromatic heterocycles. The number of hydrogen-bond donors (Lipinski definition) is 0. The molecule has 1 aliphatic rings. The minimum atomic E-state index is 0.334. The first-order valence-corrected chi connectivity index (χ1v) is 6.87. The monoisotopic (exact) mass is 268 g/mol. The summed E-state index contributed by atoms with van der Waals surface area (Å²) in [4.78, 5) is 2.32. The number of rotatable bonds is 5. The van der Waals surface area contributed by atoms with Gasteiger partial charge in [0.1, 0.15) is 12.4 Å². The Hall–Kier alpha value is -2.21. The van der Waals surface area contributed by atoms with Crippen LogP contribution in [0.15, 0.2) is 43.2 Å². The van der Waals surface area contributed by atoms with Crippen molar-refractivity contribution in [3.05, 3.63) is 54.3 Å². The van der Waals surface area contributed by atoms with E-state index in [-0.39, 0.29) is 0 Å². The van der Waals surface area contributed by atoms with Gasteiger partial charge in [0.15, 0.2) is 0 Å². The van der Waals surface area contributed by atoms with Crippen LogP contribution >= 0.6 is 0 Å². The van der Waals surface area contributed by atoms with E-state index in [4.69, 9.17) is 10.00 Å². The molecule has 104 valence electrons. The third-order valence-corrected chi connectivity index (χ3v) is 3.74. The van der Waals surface area contributed by atoms with Crippen LogP contribution < -0.4 is 4.90 Å². The van der Waals surface area contributed by atoms with Gasteiger partial charge < -0.3 is 9.64 Å². The van der Waals surface area contributed by atoms with Gasteiger partial charge in [-0.15, -0.1) is 0 Å². The molecule has 3 nitrogen and oxygen atoms in total. The number of aryl methyl sites for hydroxylation is 1. The van der Waals surface area contributed by atoms with E-state index in [1.165, 1.54) is 0 Å². The normalized spacial score (nSPS) is 17.6. The summed E-state index contributed by atoms with van der Waals surface area (Å²) in [5.41, 5.74) is 2.86. The molecule has 1 fully saturated rings. The molecule has 0 spiro atoms. The summed E-state index contributed by atoms with van der Waals surface area (Å²) in [6, 6.07) is 8.64. The van der Waals surface area contributed by atoms with Crippen LogP contribution in [0.5, 0.6) is 0 Å². The first-order chi connectivity index (χ1) is 9.65. The highest BCUT2D eigenvalue weighted by Gasteiger charge is 2.25. The molecule has 1 heterocycles. The molecule has 0 bridgehead atoms. The summed E-state index contributed by atoms with van der Waals surface area (Å²) in [5.74, 6) is 0.610. The highest BCUT2D eigenvalue weighted by atomic mass is 16.5. The predicted molar refractivity (Wildman–Crippen MR) is 81.6 cm³/mol. The fraction of sp³-hybridized carbons (Fsp3) is 0.353. The molecule has 1 unspecified atom stereocenters. The van der Waals surface area contributed by atoms with Crippen molar-refractivity contribution in [2.75, 3.05) is 18.1 Å². The van der Waals surface area contributed by atoms with E-state index in [1.54, 1.807) is 6.08 Å². The molecular weight excluding hydrogens is 248 g/mol. The van der Waals surface area contributed by atoms with E-state index >= 15 is 0 Å². The molecular formula is C17H20N2O. The van der Waals surface area contributed by atoms with Crippen LogP contribution in [0.4, 0.5) is 5.69 Å². The van der Waals surface area contributed by atoms with Gasteiger partial charge >= 0.3 is 0 Å². The van der Waals surface area contributed by atoms with Crippen LogP contribution in [0.1, 0.15) is 24.0 Å². The summed E-state index contributed by atoms with van der Waals surface area (Å²) in [5, 5.41) is 9.14.